The molecule has 2 aromatic carbocycles. The summed E-state index contributed by atoms with van der Waals surface area (Å²) in [6.45, 7) is 3.86. The zero-order valence-corrected chi connectivity index (χ0v) is 27.4. The molecule has 5 heterocycles. The second-order valence-electron chi connectivity index (χ2n) is 13.6. The number of carbonyl (C=O) groups is 6. The Morgan fingerprint density at radius 1 is 0.900 bits per heavy atom. The van der Waals surface area contributed by atoms with Gasteiger partial charge in [-0.1, -0.05) is 0 Å². The molecular formula is C37H35FN6O6. The first-order valence-electron chi connectivity index (χ1n) is 17.0. The molecule has 1 unspecified atom stereocenters. The van der Waals surface area contributed by atoms with Gasteiger partial charge in [0.05, 0.1) is 22.3 Å². The molecule has 0 saturated carbocycles. The second-order valence-corrected chi connectivity index (χ2v) is 13.6. The highest BCUT2D eigenvalue weighted by molar-refractivity contribution is 6.37. The molecule has 1 atom stereocenters. The number of nitrogens with zero attached hydrogens (tertiary/aromatic N) is 2. The van der Waals surface area contributed by atoms with Crippen molar-refractivity contribution in [3.63, 3.8) is 0 Å². The molecule has 1 aromatic heterocycles. The number of hydrogen-bond acceptors (Lipinski definition) is 7. The molecule has 4 aliphatic heterocycles. The summed E-state index contributed by atoms with van der Waals surface area (Å²) < 4.78 is 14.1. The van der Waals surface area contributed by atoms with Crippen molar-refractivity contribution in [3.05, 3.63) is 81.4 Å². The van der Waals surface area contributed by atoms with Crippen LogP contribution in [0.25, 0.3) is 11.1 Å². The highest BCUT2D eigenvalue weighted by Gasteiger charge is 2.45. The van der Waals surface area contributed by atoms with Crippen molar-refractivity contribution in [1.82, 2.24) is 20.5 Å². The van der Waals surface area contributed by atoms with Gasteiger partial charge in [-0.3, -0.25) is 39.0 Å². The van der Waals surface area contributed by atoms with Gasteiger partial charge < -0.3 is 20.5 Å². The molecule has 6 amide bonds. The Labute approximate surface area is 286 Å². The fourth-order valence-corrected chi connectivity index (χ4v) is 8.17. The molecule has 2 fully saturated rings. The highest BCUT2D eigenvalue weighted by atomic mass is 19.1. The van der Waals surface area contributed by atoms with Crippen LogP contribution in [0.4, 0.5) is 15.8 Å². The lowest BCUT2D eigenvalue weighted by atomic mass is 9.93. The molecule has 2 saturated heterocycles. The summed E-state index contributed by atoms with van der Waals surface area (Å²) in [5.41, 5.74) is 6.69. The smallest absolute Gasteiger partial charge is 0.262 e. The van der Waals surface area contributed by atoms with Gasteiger partial charge in [0.1, 0.15) is 11.9 Å². The maximum absolute atomic E-state index is 14.1. The van der Waals surface area contributed by atoms with E-state index < -0.39 is 35.5 Å². The maximum atomic E-state index is 14.1. The lowest BCUT2D eigenvalue weighted by molar-refractivity contribution is -0.136. The van der Waals surface area contributed by atoms with Crippen LogP contribution < -0.4 is 20.9 Å². The van der Waals surface area contributed by atoms with Crippen LogP contribution >= 0.6 is 0 Å². The number of nitrogens with one attached hydrogen (secondary N) is 4. The van der Waals surface area contributed by atoms with Crippen molar-refractivity contribution in [3.8, 4) is 0 Å². The number of aryl methyl sites for hydroxylation is 1. The van der Waals surface area contributed by atoms with Gasteiger partial charge in [0, 0.05) is 54.4 Å². The third-order valence-electron chi connectivity index (χ3n) is 10.7. The number of aromatic nitrogens is 1. The molecule has 256 valence electrons. The minimum atomic E-state index is -0.998. The van der Waals surface area contributed by atoms with E-state index in [1.165, 1.54) is 12.1 Å². The predicted molar refractivity (Wildman–Crippen MR) is 181 cm³/mol. The van der Waals surface area contributed by atoms with E-state index in [2.05, 4.69) is 25.8 Å². The second kappa shape index (κ2) is 12.1. The fourth-order valence-electron chi connectivity index (χ4n) is 8.17. The minimum absolute atomic E-state index is 0.0712. The first kappa shape index (κ1) is 31.7. The lowest BCUT2D eigenvalue weighted by Gasteiger charge is -2.34. The summed E-state index contributed by atoms with van der Waals surface area (Å²) in [5.74, 6) is -2.53. The zero-order valence-electron chi connectivity index (χ0n) is 27.4. The van der Waals surface area contributed by atoms with E-state index in [9.17, 15) is 33.2 Å². The molecule has 4 N–H and O–H groups in total. The van der Waals surface area contributed by atoms with E-state index in [0.29, 0.717) is 47.7 Å². The van der Waals surface area contributed by atoms with Crippen LogP contribution in [0.15, 0.2) is 36.4 Å². The third kappa shape index (κ3) is 5.19. The standard InChI is InChI=1S/C37H35FN6O6/c1-18-30(23-5-6-24(32(23)40-18)31-26-16-20(38)2-7-27(26)41-35(31)48)34(47)39-13-10-19-11-14-43(15-12-19)21-3-4-22-25(17-21)37(50)44(36(22)49)28-8-9-29(45)42-33(28)46/h2-4,7,16-17,19,28,40H,5-6,8-15H2,1H3,(H,39,47)(H,41,48)(H,42,45,46)/b31-24-. The molecule has 8 rings (SSSR count). The molecule has 0 radical (unpaired) electrons. The number of imide groups is 2. The molecule has 12 nitrogen and oxygen atoms in total. The van der Waals surface area contributed by atoms with Gasteiger partial charge in [-0.25, -0.2) is 4.39 Å². The number of aromatic amines is 1. The van der Waals surface area contributed by atoms with E-state index in [4.69, 9.17) is 0 Å². The van der Waals surface area contributed by atoms with Crippen LogP contribution in [-0.4, -0.2) is 71.0 Å². The third-order valence-corrected chi connectivity index (χ3v) is 10.7. The Morgan fingerprint density at radius 3 is 2.46 bits per heavy atom. The van der Waals surface area contributed by atoms with Gasteiger partial charge in [0.15, 0.2) is 0 Å². The monoisotopic (exact) mass is 678 g/mol. The number of halogens is 1. The highest BCUT2D eigenvalue weighted by Crippen LogP contribution is 2.44. The molecule has 5 aliphatic rings. The normalized spacial score (nSPS) is 21.7. The molecule has 1 aliphatic carbocycles. The number of carbonyl (C=O) groups excluding carboxylic acids is 6. The number of anilines is 2. The van der Waals surface area contributed by atoms with E-state index in [0.717, 1.165) is 65.5 Å². The minimum Gasteiger partial charge on any atom is -0.371 e. The van der Waals surface area contributed by atoms with E-state index in [1.54, 1.807) is 18.2 Å². The van der Waals surface area contributed by atoms with Crippen LogP contribution in [-0.2, 0) is 20.8 Å². The van der Waals surface area contributed by atoms with Crippen LogP contribution in [0.2, 0.25) is 0 Å². The fraction of sp³-hybridized carbons (Fsp3) is 0.351. The Balaban J connectivity index is 0.875. The van der Waals surface area contributed by atoms with Crippen molar-refractivity contribution in [2.24, 2.45) is 5.92 Å². The number of benzene rings is 2. The average Bonchev–Trinajstić information content (AvgIpc) is 3.80. The van der Waals surface area contributed by atoms with Crippen molar-refractivity contribution in [2.45, 2.75) is 57.9 Å². The van der Waals surface area contributed by atoms with Gasteiger partial charge in [-0.05, 0) is 98.9 Å². The summed E-state index contributed by atoms with van der Waals surface area (Å²) in [6, 6.07) is 8.44. The molecular weight excluding hydrogens is 643 g/mol. The Hall–Kier alpha value is -5.59. The number of amides is 6. The number of rotatable bonds is 6. The first-order chi connectivity index (χ1) is 24.1. The molecule has 0 spiro atoms. The van der Waals surface area contributed by atoms with E-state index in [1.807, 2.05) is 13.0 Å². The number of piperidine rings is 2. The van der Waals surface area contributed by atoms with Crippen molar-refractivity contribution in [2.75, 3.05) is 29.9 Å². The SMILES string of the molecule is Cc1[nH]c2c(c1C(=O)NCCC1CCN(c3ccc4c(c3)C(=O)N(C3CCC(=O)NC3=O)C4=O)CC1)CC/C2=C1/C(=O)Nc2ccc(F)cc21. The van der Waals surface area contributed by atoms with Crippen LogP contribution in [0, 0.1) is 18.7 Å². The Kier molecular flexibility index (Phi) is 7.65. The maximum Gasteiger partial charge on any atom is 0.262 e. The van der Waals surface area contributed by atoms with Crippen LogP contribution in [0.3, 0.4) is 0 Å². The first-order valence-corrected chi connectivity index (χ1v) is 17.0. The summed E-state index contributed by atoms with van der Waals surface area (Å²) in [7, 11) is 0. The molecule has 50 heavy (non-hydrogen) atoms. The van der Waals surface area contributed by atoms with E-state index in [-0.39, 0.29) is 35.8 Å². The van der Waals surface area contributed by atoms with Crippen molar-refractivity contribution in [1.29, 1.82) is 0 Å². The zero-order chi connectivity index (χ0) is 34.8. The van der Waals surface area contributed by atoms with Gasteiger partial charge in [-0.2, -0.15) is 0 Å². The molecule has 0 bridgehead atoms. The van der Waals surface area contributed by atoms with Crippen molar-refractivity contribution >= 4 is 58.0 Å². The number of allylic oxidation sites excluding steroid dienone is 1. The summed E-state index contributed by atoms with van der Waals surface area (Å²) in [6.07, 6.45) is 3.95. The Morgan fingerprint density at radius 2 is 1.68 bits per heavy atom. The molecule has 13 heteroatoms. The number of H-pyrrole nitrogens is 1. The topological polar surface area (TPSA) is 161 Å². The van der Waals surface area contributed by atoms with Gasteiger partial charge in [-0.15, -0.1) is 0 Å². The summed E-state index contributed by atoms with van der Waals surface area (Å²) in [5, 5.41) is 8.13. The van der Waals surface area contributed by atoms with Crippen LogP contribution in [0.1, 0.15) is 92.1 Å². The van der Waals surface area contributed by atoms with Crippen molar-refractivity contribution < 1.29 is 33.2 Å². The van der Waals surface area contributed by atoms with Crippen LogP contribution in [0.5, 0.6) is 0 Å². The van der Waals surface area contributed by atoms with E-state index >= 15 is 0 Å². The summed E-state index contributed by atoms with van der Waals surface area (Å²) in [4.78, 5) is 83.1. The lowest BCUT2D eigenvalue weighted by Crippen LogP contribution is -2.54. The Bertz CT molecular complexity index is 2080. The summed E-state index contributed by atoms with van der Waals surface area (Å²) >= 11 is 0. The van der Waals surface area contributed by atoms with Gasteiger partial charge in [0.2, 0.25) is 11.8 Å². The quantitative estimate of drug-likeness (QED) is 0.228. The number of hydrogen-bond donors (Lipinski definition) is 4. The predicted octanol–water partition coefficient (Wildman–Crippen LogP) is 3.71. The number of fused-ring (bicyclic) bond motifs is 3. The van der Waals surface area contributed by atoms with Gasteiger partial charge >= 0.3 is 0 Å². The molecule has 3 aromatic rings. The average molecular weight is 679 g/mol. The largest absolute Gasteiger partial charge is 0.371 e. The van der Waals surface area contributed by atoms with Gasteiger partial charge in [0.25, 0.3) is 23.6 Å².